The molecule has 0 radical (unpaired) electrons. The van der Waals surface area contributed by atoms with Crippen molar-refractivity contribution in [3.05, 3.63) is 0 Å². The van der Waals surface area contributed by atoms with Crippen molar-refractivity contribution in [2.75, 3.05) is 19.6 Å². The highest BCUT2D eigenvalue weighted by molar-refractivity contribution is 5.73. The van der Waals surface area contributed by atoms with Gasteiger partial charge in [0.15, 0.2) is 0 Å². The van der Waals surface area contributed by atoms with E-state index in [9.17, 15) is 29.7 Å². The minimum Gasteiger partial charge on any atom is -0.549 e. The van der Waals surface area contributed by atoms with Gasteiger partial charge in [0, 0.05) is 19.6 Å². The third kappa shape index (κ3) is 49.5. The molecule has 0 aliphatic carbocycles. The Balaban J connectivity index is -0.000000159. The summed E-state index contributed by atoms with van der Waals surface area (Å²) in [6.07, 6.45) is 0. The van der Waals surface area contributed by atoms with Crippen LogP contribution in [0.1, 0.15) is 0 Å². The fourth-order valence-corrected chi connectivity index (χ4v) is 0.715. The topological polar surface area (TPSA) is 401 Å². The van der Waals surface area contributed by atoms with Gasteiger partial charge in [0.2, 0.25) is 0 Å². The molecule has 0 aromatic rings. The van der Waals surface area contributed by atoms with Crippen molar-refractivity contribution in [2.45, 2.75) is 0 Å². The normalized spacial score (nSPS) is 8.57. The number of nitrogens with two attached hydrogens (primary N) is 9. The van der Waals surface area contributed by atoms with Crippen molar-refractivity contribution >= 4 is 35.8 Å². The summed E-state index contributed by atoms with van der Waals surface area (Å²) in [6.45, 7) is -2.37. The van der Waals surface area contributed by atoms with Crippen LogP contribution in [0.15, 0.2) is 0 Å². The molecule has 0 bridgehead atoms. The maximum atomic E-state index is 9.99. The van der Waals surface area contributed by atoms with E-state index in [0.29, 0.717) is 4.90 Å². The predicted molar refractivity (Wildman–Crippen MR) is 85.5 cm³/mol. The highest BCUT2D eigenvalue weighted by Gasteiger charge is 2.05. The molecule has 0 atom stereocenters. The van der Waals surface area contributed by atoms with Crippen LogP contribution in [0.4, 0.5) is 0 Å². The summed E-state index contributed by atoms with van der Waals surface area (Å²) < 4.78 is 0. The summed E-state index contributed by atoms with van der Waals surface area (Å²) in [5, 5.41) is 49.0. The van der Waals surface area contributed by atoms with E-state index in [2.05, 4.69) is 0 Å². The lowest BCUT2D eigenvalue weighted by atomic mass is 10.4. The van der Waals surface area contributed by atoms with Crippen LogP contribution in [0, 0.1) is 16.2 Å². The number of nitrogens with one attached hydrogen (secondary N) is 3. The van der Waals surface area contributed by atoms with E-state index in [1.165, 1.54) is 0 Å². The van der Waals surface area contributed by atoms with E-state index in [1.54, 1.807) is 0 Å². The fourth-order valence-electron chi connectivity index (χ4n) is 0.715. The quantitative estimate of drug-likeness (QED) is 0.0832. The first-order valence-corrected chi connectivity index (χ1v) is 6.72. The van der Waals surface area contributed by atoms with Crippen molar-refractivity contribution in [1.29, 1.82) is 16.2 Å². The second kappa shape index (κ2) is 21.6. The van der Waals surface area contributed by atoms with Crippen molar-refractivity contribution in [2.24, 2.45) is 34.7 Å². The molecule has 0 rings (SSSR count). The molecule has 0 unspecified atom stereocenters. The number of quaternary nitrogens is 3. The first kappa shape index (κ1) is 32.2. The molecule has 19 nitrogen and oxygen atoms in total. The Morgan fingerprint density at radius 3 is 0.857 bits per heavy atom. The molecule has 0 amide bonds. The first-order valence-electron chi connectivity index (χ1n) is 6.72. The summed E-state index contributed by atoms with van der Waals surface area (Å²) >= 11 is 0. The zero-order valence-corrected chi connectivity index (χ0v) is 14.7. The number of aliphatic carboxylic acids is 3. The Morgan fingerprint density at radius 2 is 0.786 bits per heavy atom. The molecule has 0 saturated heterocycles. The Bertz CT molecular complexity index is 441. The van der Waals surface area contributed by atoms with Crippen LogP contribution in [0.25, 0.3) is 0 Å². The molecule has 0 aromatic carbocycles. The molecule has 0 aromatic heterocycles. The van der Waals surface area contributed by atoms with Gasteiger partial charge in [-0.25, -0.2) is 32.5 Å². The van der Waals surface area contributed by atoms with Crippen molar-refractivity contribution < 1.29 is 46.0 Å². The van der Waals surface area contributed by atoms with Gasteiger partial charge in [0.25, 0.3) is 0 Å². The van der Waals surface area contributed by atoms with E-state index in [1.807, 2.05) is 0 Å². The zero-order chi connectivity index (χ0) is 23.3. The van der Waals surface area contributed by atoms with E-state index in [0.717, 1.165) is 16.3 Å². The van der Waals surface area contributed by atoms with Crippen molar-refractivity contribution in [3.63, 3.8) is 0 Å². The third-order valence-corrected chi connectivity index (χ3v) is 1.60. The number of carboxylic acid groups (broad SMARTS) is 3. The summed E-state index contributed by atoms with van der Waals surface area (Å²) in [5.74, 6) is 9.11. The Kier molecular flexibility index (Phi) is 24.8. The molecule has 19 heteroatoms. The monoisotopic (exact) mass is 413 g/mol. The number of guanidine groups is 3. The molecule has 0 aliphatic heterocycles. The average Bonchev–Trinajstić information content (AvgIpc) is 2.54. The summed E-state index contributed by atoms with van der Waals surface area (Å²) in [6, 6.07) is 0. The van der Waals surface area contributed by atoms with Crippen molar-refractivity contribution in [3.8, 4) is 0 Å². The van der Waals surface area contributed by atoms with E-state index in [4.69, 9.17) is 51.0 Å². The number of nitrogens with zero attached hydrogens (tertiary/aromatic N) is 1. The molecule has 0 fully saturated rings. The smallest absolute Gasteiger partial charge is 0.308 e. The van der Waals surface area contributed by atoms with Crippen LogP contribution in [-0.2, 0) is 14.4 Å². The van der Waals surface area contributed by atoms with Crippen LogP contribution in [0.5, 0.6) is 0 Å². The summed E-state index contributed by atoms with van der Waals surface area (Å²) in [4.78, 5) is 30.6. The number of hydrogen-bond donors (Lipinski definition) is 12. The standard InChI is InChI=1S/C6H9NO6.3CH6N4/c8-4(9)1-7(2-5(10)11)3-6(12)13;3*2-1(3)5-4/h1-3H2,(H,8,9)(H,10,11)(H,12,13);3*4H2,(H4,2,3,5). The molecule has 0 saturated carbocycles. The minimum atomic E-state index is -1.57. The van der Waals surface area contributed by atoms with Gasteiger partial charge in [-0.3, -0.25) is 4.90 Å². The van der Waals surface area contributed by atoms with E-state index < -0.39 is 37.5 Å². The molecule has 0 spiro atoms. The largest absolute Gasteiger partial charge is 0.549 e. The molecule has 0 aliphatic rings. The number of carboxylic acids is 3. The molecule has 21 N–H and O–H groups in total. The Morgan fingerprint density at radius 1 is 0.643 bits per heavy atom. The lowest BCUT2D eigenvalue weighted by Gasteiger charge is -2.23. The molecular weight excluding hydrogens is 386 g/mol. The summed E-state index contributed by atoms with van der Waals surface area (Å²) in [7, 11) is 0. The van der Waals surface area contributed by atoms with Gasteiger partial charge in [-0.1, -0.05) is 0 Å². The van der Waals surface area contributed by atoms with Crippen LogP contribution in [0.3, 0.4) is 0 Å². The van der Waals surface area contributed by atoms with Gasteiger partial charge in [-0.2, -0.15) is 17.5 Å². The number of carbonyl (C=O) groups excluding carboxylic acids is 3. The van der Waals surface area contributed by atoms with Gasteiger partial charge < -0.3 is 46.9 Å². The van der Waals surface area contributed by atoms with Gasteiger partial charge in [0.05, 0.1) is 17.9 Å². The van der Waals surface area contributed by atoms with E-state index >= 15 is 0 Å². The van der Waals surface area contributed by atoms with Crippen LogP contribution < -0.4 is 66.3 Å². The van der Waals surface area contributed by atoms with Crippen LogP contribution in [-0.4, -0.2) is 60.3 Å². The van der Waals surface area contributed by atoms with Gasteiger partial charge in [-0.05, 0) is 0 Å². The van der Waals surface area contributed by atoms with E-state index in [-0.39, 0.29) is 17.9 Å². The SMILES string of the molecule is N=C(N)[NH2+]N.N=C(N)[NH2+]N.N=C(N)[NH2+]N.O=C([O-])CN(CC(=O)[O-])CC(=O)[O-]. The fraction of sp³-hybridized carbons (Fsp3) is 0.333. The van der Waals surface area contributed by atoms with Crippen LogP contribution in [0.2, 0.25) is 0 Å². The highest BCUT2D eigenvalue weighted by atomic mass is 16.4. The highest BCUT2D eigenvalue weighted by Crippen LogP contribution is 1.84. The maximum absolute atomic E-state index is 9.99. The molecule has 164 valence electrons. The number of rotatable bonds is 6. The number of hydrogen-bond acceptors (Lipinski definition) is 13. The van der Waals surface area contributed by atoms with Gasteiger partial charge >= 0.3 is 17.9 Å². The van der Waals surface area contributed by atoms with Crippen molar-refractivity contribution in [1.82, 2.24) is 4.90 Å². The second-order valence-corrected chi connectivity index (χ2v) is 4.13. The third-order valence-electron chi connectivity index (χ3n) is 1.60. The molecule has 28 heavy (non-hydrogen) atoms. The average molecular weight is 413 g/mol. The van der Waals surface area contributed by atoms with Gasteiger partial charge in [-0.15, -0.1) is 0 Å². The zero-order valence-electron chi connectivity index (χ0n) is 14.7. The Hall–Kier alpha value is -3.46. The van der Waals surface area contributed by atoms with Gasteiger partial charge in [0.1, 0.15) is 0 Å². The lowest BCUT2D eigenvalue weighted by molar-refractivity contribution is -0.555. The lowest BCUT2D eigenvalue weighted by Crippen LogP contribution is -2.96. The molecular formula is C9H27N13O6. The predicted octanol–water partition coefficient (Wildman–Crippen LogP) is -13.5. The minimum absolute atomic E-state index is 0.0926. The number of carbonyl (C=O) groups is 3. The maximum Gasteiger partial charge on any atom is 0.308 e. The Labute approximate surface area is 158 Å². The second-order valence-electron chi connectivity index (χ2n) is 4.13. The molecule has 0 heterocycles. The van der Waals surface area contributed by atoms with Crippen LogP contribution >= 0.6 is 0 Å². The summed E-state index contributed by atoms with van der Waals surface area (Å²) in [5.41, 5.74) is 17.2. The first-order chi connectivity index (χ1) is 12.7.